The summed E-state index contributed by atoms with van der Waals surface area (Å²) in [6.07, 6.45) is -0.229. The summed E-state index contributed by atoms with van der Waals surface area (Å²) >= 11 is 6.23. The van der Waals surface area contributed by atoms with Gasteiger partial charge in [-0.3, -0.25) is 0 Å². The molecule has 4 nitrogen and oxygen atoms in total. The molecule has 0 unspecified atom stereocenters. The van der Waals surface area contributed by atoms with Gasteiger partial charge in [-0.15, -0.1) is 0 Å². The predicted molar refractivity (Wildman–Crippen MR) is 99.0 cm³/mol. The van der Waals surface area contributed by atoms with Gasteiger partial charge in [0.2, 0.25) is 0 Å². The lowest BCUT2D eigenvalue weighted by molar-refractivity contribution is 0.0240. The van der Waals surface area contributed by atoms with Crippen LogP contribution in [0.5, 0.6) is 0 Å². The van der Waals surface area contributed by atoms with Gasteiger partial charge in [0.25, 0.3) is 0 Å². The molecule has 0 N–H and O–H groups in total. The van der Waals surface area contributed by atoms with E-state index in [0.29, 0.717) is 13.1 Å². The monoisotopic (exact) mass is 346 g/mol. The van der Waals surface area contributed by atoms with Crippen LogP contribution >= 0.6 is 11.6 Å². The fourth-order valence-corrected chi connectivity index (χ4v) is 3.15. The minimum Gasteiger partial charge on any atom is -0.444 e. The number of benzene rings is 2. The lowest BCUT2D eigenvalue weighted by atomic mass is 10.1. The zero-order valence-electron chi connectivity index (χ0n) is 14.4. The highest BCUT2D eigenvalue weighted by molar-refractivity contribution is 6.35. The second-order valence-electron chi connectivity index (χ2n) is 7.10. The first-order chi connectivity index (χ1) is 11.3. The summed E-state index contributed by atoms with van der Waals surface area (Å²) in [5.41, 5.74) is 0.708. The molecule has 1 heterocycles. The molecule has 0 aliphatic carbocycles. The minimum atomic E-state index is -0.453. The van der Waals surface area contributed by atoms with Crippen molar-refractivity contribution in [2.24, 2.45) is 0 Å². The van der Waals surface area contributed by atoms with Crippen LogP contribution in [0.2, 0.25) is 5.02 Å². The van der Waals surface area contributed by atoms with E-state index in [4.69, 9.17) is 16.3 Å². The van der Waals surface area contributed by atoms with E-state index in [0.717, 1.165) is 34.6 Å². The van der Waals surface area contributed by atoms with Crippen molar-refractivity contribution >= 4 is 34.2 Å². The van der Waals surface area contributed by atoms with Crippen molar-refractivity contribution in [1.82, 2.24) is 4.90 Å². The summed E-state index contributed by atoms with van der Waals surface area (Å²) < 4.78 is 5.44. The zero-order valence-corrected chi connectivity index (χ0v) is 15.1. The second kappa shape index (κ2) is 6.52. The first-order valence-corrected chi connectivity index (χ1v) is 8.62. The molecule has 3 rings (SSSR count). The van der Waals surface area contributed by atoms with Crippen LogP contribution in [0.25, 0.3) is 10.8 Å². The molecule has 1 aliphatic rings. The van der Waals surface area contributed by atoms with Gasteiger partial charge >= 0.3 is 6.09 Å². The van der Waals surface area contributed by atoms with Crippen molar-refractivity contribution in [2.45, 2.75) is 26.4 Å². The molecule has 0 saturated carbocycles. The fraction of sp³-hybridized carbons (Fsp3) is 0.421. The summed E-state index contributed by atoms with van der Waals surface area (Å²) in [7, 11) is 0. The molecular formula is C19H23ClN2O2. The van der Waals surface area contributed by atoms with Gasteiger partial charge in [0.05, 0.1) is 0 Å². The number of hydrogen-bond acceptors (Lipinski definition) is 3. The van der Waals surface area contributed by atoms with Gasteiger partial charge in [-0.1, -0.05) is 29.8 Å². The minimum absolute atomic E-state index is 0.229. The third-order valence-electron chi connectivity index (χ3n) is 4.11. The van der Waals surface area contributed by atoms with Crippen molar-refractivity contribution in [2.75, 3.05) is 31.1 Å². The van der Waals surface area contributed by atoms with Gasteiger partial charge in [0.15, 0.2) is 0 Å². The predicted octanol–water partition coefficient (Wildman–Crippen LogP) is 4.55. The highest BCUT2D eigenvalue weighted by Crippen LogP contribution is 2.28. The molecule has 1 saturated heterocycles. The van der Waals surface area contributed by atoms with Crippen molar-refractivity contribution in [1.29, 1.82) is 0 Å². The Hall–Kier alpha value is -1.94. The molecule has 24 heavy (non-hydrogen) atoms. The van der Waals surface area contributed by atoms with E-state index in [2.05, 4.69) is 29.2 Å². The van der Waals surface area contributed by atoms with E-state index in [1.165, 1.54) is 0 Å². The Balaban J connectivity index is 1.68. The van der Waals surface area contributed by atoms with Crippen LogP contribution in [-0.4, -0.2) is 42.8 Å². The number of hydrogen-bond donors (Lipinski definition) is 0. The largest absolute Gasteiger partial charge is 0.444 e. The molecular weight excluding hydrogens is 324 g/mol. The third-order valence-corrected chi connectivity index (χ3v) is 4.44. The Morgan fingerprint density at radius 2 is 1.79 bits per heavy atom. The molecule has 1 fully saturated rings. The number of amides is 1. The number of fused-ring (bicyclic) bond motifs is 1. The summed E-state index contributed by atoms with van der Waals surface area (Å²) in [6.45, 7) is 8.60. The highest BCUT2D eigenvalue weighted by atomic mass is 35.5. The standard InChI is InChI=1S/C19H23ClN2O2/c1-19(2,3)24-18(23)22-11-9-21(10-12-22)15-7-8-16-14(13-15)5-4-6-17(16)20/h4-8,13H,9-12H2,1-3H3. The molecule has 0 bridgehead atoms. The van der Waals surface area contributed by atoms with E-state index in [1.807, 2.05) is 32.9 Å². The number of carbonyl (C=O) groups excluding carboxylic acids is 1. The normalized spacial score (nSPS) is 15.7. The van der Waals surface area contributed by atoms with Crippen LogP contribution in [0.1, 0.15) is 20.8 Å². The highest BCUT2D eigenvalue weighted by Gasteiger charge is 2.25. The van der Waals surface area contributed by atoms with Gasteiger partial charge in [-0.05, 0) is 44.4 Å². The van der Waals surface area contributed by atoms with Crippen LogP contribution in [0.4, 0.5) is 10.5 Å². The van der Waals surface area contributed by atoms with Gasteiger partial charge in [0.1, 0.15) is 5.60 Å². The molecule has 0 radical (unpaired) electrons. The Kier molecular flexibility index (Phi) is 4.59. The average molecular weight is 347 g/mol. The van der Waals surface area contributed by atoms with Crippen molar-refractivity contribution in [3.8, 4) is 0 Å². The lowest BCUT2D eigenvalue weighted by Gasteiger charge is -2.36. The second-order valence-corrected chi connectivity index (χ2v) is 7.51. The zero-order chi connectivity index (χ0) is 17.3. The molecule has 1 amide bonds. The Morgan fingerprint density at radius 1 is 1.08 bits per heavy atom. The molecule has 128 valence electrons. The maximum Gasteiger partial charge on any atom is 0.410 e. The number of anilines is 1. The molecule has 1 aliphatic heterocycles. The molecule has 2 aromatic rings. The molecule has 5 heteroatoms. The molecule has 2 aromatic carbocycles. The van der Waals surface area contributed by atoms with E-state index in [1.54, 1.807) is 4.90 Å². The Morgan fingerprint density at radius 3 is 2.46 bits per heavy atom. The summed E-state index contributed by atoms with van der Waals surface area (Å²) in [4.78, 5) is 16.2. The van der Waals surface area contributed by atoms with Crippen LogP contribution < -0.4 is 4.90 Å². The number of ether oxygens (including phenoxy) is 1. The maximum atomic E-state index is 12.1. The SMILES string of the molecule is CC(C)(C)OC(=O)N1CCN(c2ccc3c(Cl)cccc3c2)CC1. The molecule has 0 spiro atoms. The van der Waals surface area contributed by atoms with Crippen LogP contribution in [-0.2, 0) is 4.74 Å². The number of nitrogens with zero attached hydrogens (tertiary/aromatic N) is 2. The van der Waals surface area contributed by atoms with E-state index >= 15 is 0 Å². The van der Waals surface area contributed by atoms with Gasteiger partial charge in [0, 0.05) is 42.3 Å². The van der Waals surface area contributed by atoms with Crippen molar-refractivity contribution in [3.63, 3.8) is 0 Å². The third kappa shape index (κ3) is 3.75. The van der Waals surface area contributed by atoms with Crippen LogP contribution in [0.3, 0.4) is 0 Å². The maximum absolute atomic E-state index is 12.1. The number of carbonyl (C=O) groups is 1. The quantitative estimate of drug-likeness (QED) is 0.759. The fourth-order valence-electron chi connectivity index (χ4n) is 2.90. The summed E-state index contributed by atoms with van der Waals surface area (Å²) in [5.74, 6) is 0. The van der Waals surface area contributed by atoms with E-state index in [9.17, 15) is 4.79 Å². The van der Waals surface area contributed by atoms with Crippen LogP contribution in [0.15, 0.2) is 36.4 Å². The van der Waals surface area contributed by atoms with Crippen molar-refractivity contribution < 1.29 is 9.53 Å². The number of rotatable bonds is 1. The first kappa shape index (κ1) is 16.9. The van der Waals surface area contributed by atoms with Crippen molar-refractivity contribution in [3.05, 3.63) is 41.4 Å². The number of halogens is 1. The molecule has 0 atom stereocenters. The van der Waals surface area contributed by atoms with Crippen LogP contribution in [0, 0.1) is 0 Å². The van der Waals surface area contributed by atoms with E-state index < -0.39 is 5.60 Å². The number of piperazine rings is 1. The first-order valence-electron chi connectivity index (χ1n) is 8.25. The average Bonchev–Trinajstić information content (AvgIpc) is 2.53. The van der Waals surface area contributed by atoms with Gasteiger partial charge < -0.3 is 14.5 Å². The smallest absolute Gasteiger partial charge is 0.410 e. The van der Waals surface area contributed by atoms with E-state index in [-0.39, 0.29) is 6.09 Å². The lowest BCUT2D eigenvalue weighted by Crippen LogP contribution is -2.50. The topological polar surface area (TPSA) is 32.8 Å². The van der Waals surface area contributed by atoms with Gasteiger partial charge in [-0.25, -0.2) is 4.79 Å². The summed E-state index contributed by atoms with van der Waals surface area (Å²) in [5, 5.41) is 2.97. The van der Waals surface area contributed by atoms with Gasteiger partial charge in [-0.2, -0.15) is 0 Å². The Bertz CT molecular complexity index is 747. The Labute approximate surface area is 147 Å². The molecule has 0 aromatic heterocycles. The summed E-state index contributed by atoms with van der Waals surface area (Å²) in [6, 6.07) is 12.3.